The number of alkyl halides is 2. The number of amides is 1. The summed E-state index contributed by atoms with van der Waals surface area (Å²) < 4.78 is 35.2. The van der Waals surface area contributed by atoms with Gasteiger partial charge in [-0.1, -0.05) is 13.8 Å². The van der Waals surface area contributed by atoms with Gasteiger partial charge in [0, 0.05) is 32.1 Å². The zero-order valence-electron chi connectivity index (χ0n) is 13.4. The second kappa shape index (κ2) is 8.35. The lowest BCUT2D eigenvalue weighted by atomic mass is 10.2. The number of oxazole rings is 1. The van der Waals surface area contributed by atoms with Gasteiger partial charge in [-0.15, -0.1) is 0 Å². The molecule has 1 fully saturated rings. The molecule has 0 bridgehead atoms. The predicted molar refractivity (Wildman–Crippen MR) is 79.2 cm³/mol. The number of carbonyl (C=O) groups excluding carboxylic acids is 1. The lowest BCUT2D eigenvalue weighted by Gasteiger charge is -2.32. The molecule has 130 valence electrons. The Hall–Kier alpha value is -1.54. The van der Waals surface area contributed by atoms with Crippen molar-refractivity contribution in [2.45, 2.75) is 45.3 Å². The third kappa shape index (κ3) is 5.54. The van der Waals surface area contributed by atoms with Gasteiger partial charge >= 0.3 is 6.43 Å². The zero-order chi connectivity index (χ0) is 16.8. The topological polar surface area (TPSA) is 67.6 Å². The second-order valence-electron chi connectivity index (χ2n) is 5.94. The highest BCUT2D eigenvalue weighted by atomic mass is 19.3. The summed E-state index contributed by atoms with van der Waals surface area (Å²) in [5, 5.41) is 2.19. The van der Waals surface area contributed by atoms with Gasteiger partial charge < -0.3 is 14.5 Å². The van der Waals surface area contributed by atoms with Crippen molar-refractivity contribution in [3.8, 4) is 0 Å². The highest BCUT2D eigenvalue weighted by Crippen LogP contribution is 2.16. The molecule has 1 aromatic heterocycles. The number of nitrogens with zero attached hydrogens (tertiary/aromatic N) is 2. The number of aromatic nitrogens is 1. The number of halogens is 2. The van der Waals surface area contributed by atoms with Crippen LogP contribution in [0.4, 0.5) is 8.78 Å². The molecule has 1 aliphatic rings. The van der Waals surface area contributed by atoms with Gasteiger partial charge in [0.1, 0.15) is 6.26 Å². The molecule has 1 saturated heterocycles. The predicted octanol–water partition coefficient (Wildman–Crippen LogP) is 1.77. The Kier molecular flexibility index (Phi) is 6.47. The lowest BCUT2D eigenvalue weighted by molar-refractivity contribution is -0.131. The molecular formula is C15H23F2N3O3. The monoisotopic (exact) mass is 331 g/mol. The number of carbonyl (C=O) groups is 1. The van der Waals surface area contributed by atoms with E-state index in [-0.39, 0.29) is 18.6 Å². The van der Waals surface area contributed by atoms with E-state index in [9.17, 15) is 13.6 Å². The molecule has 0 aliphatic carbocycles. The van der Waals surface area contributed by atoms with Crippen molar-refractivity contribution in [1.82, 2.24) is 15.2 Å². The van der Waals surface area contributed by atoms with Gasteiger partial charge in [-0.3, -0.25) is 9.69 Å². The van der Waals surface area contributed by atoms with Gasteiger partial charge in [-0.2, -0.15) is 8.78 Å². The highest BCUT2D eigenvalue weighted by Gasteiger charge is 2.22. The van der Waals surface area contributed by atoms with Crippen LogP contribution < -0.4 is 5.32 Å². The molecule has 0 spiro atoms. The van der Waals surface area contributed by atoms with Crippen molar-refractivity contribution in [2.24, 2.45) is 0 Å². The number of hydrogen-bond donors (Lipinski definition) is 1. The molecule has 2 rings (SSSR count). The molecule has 8 heteroatoms. The van der Waals surface area contributed by atoms with Crippen LogP contribution >= 0.6 is 0 Å². The molecule has 0 radical (unpaired) electrons. The third-order valence-corrected chi connectivity index (χ3v) is 3.64. The minimum atomic E-state index is -2.97. The van der Waals surface area contributed by atoms with Gasteiger partial charge in [-0.25, -0.2) is 4.98 Å². The van der Waals surface area contributed by atoms with Crippen LogP contribution in [0.15, 0.2) is 10.7 Å². The first-order chi connectivity index (χ1) is 11.0. The Morgan fingerprint density at radius 2 is 2.30 bits per heavy atom. The van der Waals surface area contributed by atoms with Gasteiger partial charge in [0.05, 0.1) is 18.4 Å². The summed E-state index contributed by atoms with van der Waals surface area (Å²) in [5.41, 5.74) is 0.875. The number of morpholine rings is 1. The minimum absolute atomic E-state index is 0.0850. The van der Waals surface area contributed by atoms with Crippen LogP contribution in [-0.2, 0) is 16.1 Å². The molecule has 0 unspecified atom stereocenters. The SMILES string of the molecule is CC(C)c1nc(CN2CCO[C@@H](CCNC(=O)C(F)F)C2)co1. The molecule has 6 nitrogen and oxygen atoms in total. The van der Waals surface area contributed by atoms with Crippen LogP contribution in [-0.4, -0.2) is 54.6 Å². The summed E-state index contributed by atoms with van der Waals surface area (Å²) in [4.78, 5) is 17.4. The van der Waals surface area contributed by atoms with Crippen LogP contribution in [0.25, 0.3) is 0 Å². The van der Waals surface area contributed by atoms with E-state index in [1.807, 2.05) is 13.8 Å². The quantitative estimate of drug-likeness (QED) is 0.825. The molecule has 0 aromatic carbocycles. The Bertz CT molecular complexity index is 508. The first-order valence-corrected chi connectivity index (χ1v) is 7.79. The Morgan fingerprint density at radius 1 is 1.52 bits per heavy atom. The molecule has 1 atom stereocenters. The smallest absolute Gasteiger partial charge is 0.315 e. The average Bonchev–Trinajstić information content (AvgIpc) is 2.96. The maximum atomic E-state index is 12.1. The number of hydrogen-bond acceptors (Lipinski definition) is 5. The average molecular weight is 331 g/mol. The maximum absolute atomic E-state index is 12.1. The number of nitrogens with one attached hydrogen (secondary N) is 1. The summed E-state index contributed by atoms with van der Waals surface area (Å²) in [6.45, 7) is 6.92. The van der Waals surface area contributed by atoms with E-state index < -0.39 is 12.3 Å². The van der Waals surface area contributed by atoms with Crippen molar-refractivity contribution >= 4 is 5.91 Å². The van der Waals surface area contributed by atoms with Crippen molar-refractivity contribution < 1.29 is 22.7 Å². The summed E-state index contributed by atoms with van der Waals surface area (Å²) in [6.07, 6.45) is -0.882. The molecular weight excluding hydrogens is 308 g/mol. The summed E-state index contributed by atoms with van der Waals surface area (Å²) in [7, 11) is 0. The van der Waals surface area contributed by atoms with Gasteiger partial charge in [0.2, 0.25) is 0 Å². The molecule has 0 saturated carbocycles. The van der Waals surface area contributed by atoms with Crippen LogP contribution in [0.2, 0.25) is 0 Å². The van der Waals surface area contributed by atoms with E-state index in [1.165, 1.54) is 0 Å². The summed E-state index contributed by atoms with van der Waals surface area (Å²) in [6, 6.07) is 0. The fourth-order valence-electron chi connectivity index (χ4n) is 2.42. The van der Waals surface area contributed by atoms with Crippen molar-refractivity contribution in [3.05, 3.63) is 17.8 Å². The molecule has 1 aromatic rings. The normalized spacial score (nSPS) is 19.5. The first-order valence-electron chi connectivity index (χ1n) is 7.79. The minimum Gasteiger partial charge on any atom is -0.448 e. The van der Waals surface area contributed by atoms with E-state index in [1.54, 1.807) is 6.26 Å². The number of ether oxygens (including phenoxy) is 1. The summed E-state index contributed by atoms with van der Waals surface area (Å²) >= 11 is 0. The van der Waals surface area contributed by atoms with E-state index >= 15 is 0 Å². The zero-order valence-corrected chi connectivity index (χ0v) is 13.4. The summed E-state index contributed by atoms with van der Waals surface area (Å²) in [5.74, 6) is -0.263. The highest BCUT2D eigenvalue weighted by molar-refractivity contribution is 5.78. The third-order valence-electron chi connectivity index (χ3n) is 3.64. The van der Waals surface area contributed by atoms with Crippen molar-refractivity contribution in [3.63, 3.8) is 0 Å². The van der Waals surface area contributed by atoms with Gasteiger partial charge in [0.25, 0.3) is 5.91 Å². The molecule has 1 aliphatic heterocycles. The van der Waals surface area contributed by atoms with Crippen LogP contribution in [0.1, 0.15) is 37.8 Å². The lowest BCUT2D eigenvalue weighted by Crippen LogP contribution is -2.43. The van der Waals surface area contributed by atoms with Crippen LogP contribution in [0, 0.1) is 0 Å². The first kappa shape index (κ1) is 17.8. The second-order valence-corrected chi connectivity index (χ2v) is 5.94. The van der Waals surface area contributed by atoms with E-state index in [4.69, 9.17) is 9.15 Å². The molecule has 2 heterocycles. The molecule has 1 N–H and O–H groups in total. The maximum Gasteiger partial charge on any atom is 0.315 e. The molecule has 1 amide bonds. The van der Waals surface area contributed by atoms with Gasteiger partial charge in [0.15, 0.2) is 5.89 Å². The van der Waals surface area contributed by atoms with Crippen molar-refractivity contribution in [2.75, 3.05) is 26.2 Å². The van der Waals surface area contributed by atoms with Gasteiger partial charge in [-0.05, 0) is 6.42 Å². The largest absolute Gasteiger partial charge is 0.448 e. The standard InChI is InChI=1S/C15H23F2N3O3/c1-10(2)15-19-11(9-23-15)7-20-5-6-22-12(8-20)3-4-18-14(21)13(16)17/h9-10,12-13H,3-8H2,1-2H3,(H,18,21)/t12-/m0/s1. The fraction of sp³-hybridized carbons (Fsp3) is 0.733. The Morgan fingerprint density at radius 3 is 2.96 bits per heavy atom. The van der Waals surface area contributed by atoms with Crippen molar-refractivity contribution in [1.29, 1.82) is 0 Å². The fourth-order valence-corrected chi connectivity index (χ4v) is 2.42. The molecule has 23 heavy (non-hydrogen) atoms. The van der Waals surface area contributed by atoms with Crippen LogP contribution in [0.5, 0.6) is 0 Å². The van der Waals surface area contributed by atoms with E-state index in [2.05, 4.69) is 15.2 Å². The van der Waals surface area contributed by atoms with E-state index in [0.29, 0.717) is 26.1 Å². The van der Waals surface area contributed by atoms with Crippen LogP contribution in [0.3, 0.4) is 0 Å². The number of rotatable bonds is 7. The van der Waals surface area contributed by atoms with E-state index in [0.717, 1.165) is 18.1 Å². The Labute approximate surface area is 134 Å². The Balaban J connectivity index is 1.75.